The van der Waals surface area contributed by atoms with Gasteiger partial charge in [0.2, 0.25) is 0 Å². The number of nitrogens with zero attached hydrogens (tertiary/aromatic N) is 5. The smallest absolute Gasteiger partial charge is 0.285 e. The molecular weight excluding hydrogens is 512 g/mol. The first-order chi connectivity index (χ1) is 19.5. The molecule has 1 aromatic carbocycles. The van der Waals surface area contributed by atoms with E-state index in [2.05, 4.69) is 30.8 Å². The first-order valence-electron chi connectivity index (χ1n) is 13.1. The summed E-state index contributed by atoms with van der Waals surface area (Å²) in [6.07, 6.45) is 5.17. The van der Waals surface area contributed by atoms with Gasteiger partial charge in [0.25, 0.3) is 11.5 Å². The van der Waals surface area contributed by atoms with Crippen molar-refractivity contribution in [1.82, 2.24) is 29.5 Å². The topological polar surface area (TPSA) is 152 Å². The van der Waals surface area contributed by atoms with Crippen LogP contribution in [-0.4, -0.2) is 53.2 Å². The molecule has 5 heterocycles. The van der Waals surface area contributed by atoms with E-state index in [1.807, 2.05) is 10.7 Å². The van der Waals surface area contributed by atoms with Crippen LogP contribution in [0, 0.1) is 0 Å². The summed E-state index contributed by atoms with van der Waals surface area (Å²) in [5.41, 5.74) is 1.55. The number of nitrogens with one attached hydrogen (secondary N) is 3. The van der Waals surface area contributed by atoms with Crippen LogP contribution in [0.1, 0.15) is 35.8 Å². The number of hydrogen-bond acceptors (Lipinski definition) is 8. The van der Waals surface area contributed by atoms with Gasteiger partial charge < -0.3 is 20.5 Å². The number of amides is 1. The number of aromatic amines is 1. The Labute approximate surface area is 228 Å². The molecule has 0 saturated carbocycles. The van der Waals surface area contributed by atoms with E-state index in [9.17, 15) is 14.7 Å². The Bertz CT molecular complexity index is 1720. The lowest BCUT2D eigenvalue weighted by Crippen LogP contribution is -2.26. The molecule has 0 aliphatic carbocycles. The van der Waals surface area contributed by atoms with Crippen molar-refractivity contribution in [3.05, 3.63) is 82.5 Å². The third-order valence-electron chi connectivity index (χ3n) is 6.70. The highest BCUT2D eigenvalue weighted by atomic mass is 16.5. The Kier molecular flexibility index (Phi) is 6.74. The van der Waals surface area contributed by atoms with E-state index in [1.165, 1.54) is 4.68 Å². The molecule has 6 rings (SSSR count). The van der Waals surface area contributed by atoms with Crippen LogP contribution in [0.15, 0.2) is 65.7 Å². The molecule has 204 valence electrons. The molecule has 12 nitrogen and oxygen atoms in total. The Balaban J connectivity index is 1.23. The molecule has 0 radical (unpaired) electrons. The average Bonchev–Trinajstić information content (AvgIpc) is 3.52. The van der Waals surface area contributed by atoms with Gasteiger partial charge in [-0.2, -0.15) is 9.78 Å². The highest BCUT2D eigenvalue weighted by Crippen LogP contribution is 2.33. The van der Waals surface area contributed by atoms with Gasteiger partial charge in [-0.3, -0.25) is 19.4 Å². The molecule has 1 atom stereocenters. The predicted molar refractivity (Wildman–Crippen MR) is 149 cm³/mol. The van der Waals surface area contributed by atoms with Gasteiger partial charge in [-0.1, -0.05) is 6.07 Å². The van der Waals surface area contributed by atoms with Crippen molar-refractivity contribution in [3.8, 4) is 17.3 Å². The maximum Gasteiger partial charge on any atom is 0.285 e. The predicted octanol–water partition coefficient (Wildman–Crippen LogP) is 3.48. The van der Waals surface area contributed by atoms with Crippen molar-refractivity contribution in [2.24, 2.45) is 0 Å². The van der Waals surface area contributed by atoms with Crippen LogP contribution in [-0.2, 0) is 13.0 Å². The van der Waals surface area contributed by atoms with Crippen molar-refractivity contribution < 1.29 is 14.6 Å². The van der Waals surface area contributed by atoms with E-state index < -0.39 is 12.0 Å². The lowest BCUT2D eigenvalue weighted by Gasteiger charge is -2.18. The summed E-state index contributed by atoms with van der Waals surface area (Å²) in [5.74, 6) is 1.62. The first-order valence-corrected chi connectivity index (χ1v) is 13.1. The maximum atomic E-state index is 13.4. The molecule has 1 aliphatic rings. The van der Waals surface area contributed by atoms with Gasteiger partial charge >= 0.3 is 0 Å². The molecule has 0 fully saturated rings. The number of aromatic nitrogens is 6. The summed E-state index contributed by atoms with van der Waals surface area (Å²) in [6, 6.07) is 14.0. The Hall–Kier alpha value is -4.97. The molecule has 40 heavy (non-hydrogen) atoms. The van der Waals surface area contributed by atoms with Crippen molar-refractivity contribution in [2.75, 3.05) is 17.2 Å². The van der Waals surface area contributed by atoms with E-state index in [-0.39, 0.29) is 11.1 Å². The zero-order valence-electron chi connectivity index (χ0n) is 21.8. The van der Waals surface area contributed by atoms with E-state index in [4.69, 9.17) is 4.74 Å². The van der Waals surface area contributed by atoms with E-state index in [1.54, 1.807) is 61.8 Å². The van der Waals surface area contributed by atoms with Crippen LogP contribution in [0.4, 0.5) is 11.5 Å². The quantitative estimate of drug-likeness (QED) is 0.233. The lowest BCUT2D eigenvalue weighted by atomic mass is 10.1. The van der Waals surface area contributed by atoms with E-state index in [0.717, 1.165) is 18.5 Å². The van der Waals surface area contributed by atoms with Crippen molar-refractivity contribution >= 4 is 28.4 Å². The standard InChI is InChI=1S/C28H28N8O4/c1-17(37)16-31-26-24-21(12-14-30-25(24)33-34-26)40-19-10-8-18(9-11-19)32-27(38)23-20-6-3-5-15-35(20)36(28(23)39)22-7-2-4-13-29-22/h2,4,7-14,17,37H,3,5-6,15-16H2,1H3,(H,32,38)(H2,30,31,33,34). The number of ether oxygens (including phenoxy) is 1. The minimum Gasteiger partial charge on any atom is -0.456 e. The van der Waals surface area contributed by atoms with Gasteiger partial charge in [0, 0.05) is 37.2 Å². The average molecular weight is 541 g/mol. The molecule has 4 aromatic heterocycles. The van der Waals surface area contributed by atoms with Gasteiger partial charge in [-0.15, -0.1) is 0 Å². The Morgan fingerprint density at radius 1 is 1.12 bits per heavy atom. The highest BCUT2D eigenvalue weighted by Gasteiger charge is 2.28. The fourth-order valence-corrected chi connectivity index (χ4v) is 4.87. The van der Waals surface area contributed by atoms with Gasteiger partial charge in [0.1, 0.15) is 22.4 Å². The summed E-state index contributed by atoms with van der Waals surface area (Å²) in [7, 11) is 0. The monoisotopic (exact) mass is 540 g/mol. The second kappa shape index (κ2) is 10.7. The molecule has 12 heteroatoms. The number of anilines is 2. The number of fused-ring (bicyclic) bond motifs is 2. The van der Waals surface area contributed by atoms with Crippen LogP contribution in [0.3, 0.4) is 0 Å². The Morgan fingerprint density at radius 2 is 1.98 bits per heavy atom. The second-order valence-corrected chi connectivity index (χ2v) is 9.62. The van der Waals surface area contributed by atoms with Crippen molar-refractivity contribution in [2.45, 2.75) is 38.8 Å². The second-order valence-electron chi connectivity index (χ2n) is 9.62. The third-order valence-corrected chi connectivity index (χ3v) is 6.70. The minimum absolute atomic E-state index is 0.141. The van der Waals surface area contributed by atoms with Gasteiger partial charge in [0.05, 0.1) is 11.8 Å². The Morgan fingerprint density at radius 3 is 2.75 bits per heavy atom. The SMILES string of the molecule is CC(O)CNc1n[nH]c2nccc(Oc3ccc(NC(=O)c4c5n(n(-c6ccccn6)c4=O)CCCC5)cc3)c12. The van der Waals surface area contributed by atoms with E-state index >= 15 is 0 Å². The number of pyridine rings is 2. The van der Waals surface area contributed by atoms with Gasteiger partial charge in [-0.25, -0.2) is 9.97 Å². The normalized spacial score (nSPS) is 13.6. The fourth-order valence-electron chi connectivity index (χ4n) is 4.87. The van der Waals surface area contributed by atoms with Crippen LogP contribution in [0.25, 0.3) is 16.9 Å². The number of aliphatic hydroxyl groups excluding tert-OH is 1. The molecular formula is C28H28N8O4. The number of carbonyl (C=O) groups is 1. The summed E-state index contributed by atoms with van der Waals surface area (Å²) < 4.78 is 9.48. The summed E-state index contributed by atoms with van der Waals surface area (Å²) in [6.45, 7) is 2.65. The summed E-state index contributed by atoms with van der Waals surface area (Å²) in [5, 5.41) is 23.3. The van der Waals surface area contributed by atoms with Gasteiger partial charge in [-0.05, 0) is 62.6 Å². The minimum atomic E-state index is -0.550. The van der Waals surface area contributed by atoms with Crippen LogP contribution in [0.2, 0.25) is 0 Å². The van der Waals surface area contributed by atoms with Crippen molar-refractivity contribution in [1.29, 1.82) is 0 Å². The first kappa shape index (κ1) is 25.3. The largest absolute Gasteiger partial charge is 0.456 e. The summed E-state index contributed by atoms with van der Waals surface area (Å²) >= 11 is 0. The van der Waals surface area contributed by atoms with Crippen LogP contribution in [0.5, 0.6) is 11.5 Å². The molecule has 1 amide bonds. The zero-order valence-corrected chi connectivity index (χ0v) is 21.8. The zero-order chi connectivity index (χ0) is 27.6. The molecule has 1 unspecified atom stereocenters. The van der Waals surface area contributed by atoms with Gasteiger partial charge in [0.15, 0.2) is 17.3 Å². The van der Waals surface area contributed by atoms with E-state index in [0.29, 0.717) is 59.4 Å². The third kappa shape index (κ3) is 4.80. The fraction of sp³-hybridized carbons (Fsp3) is 0.250. The lowest BCUT2D eigenvalue weighted by molar-refractivity contribution is 0.102. The number of benzene rings is 1. The highest BCUT2D eigenvalue weighted by molar-refractivity contribution is 6.05. The summed E-state index contributed by atoms with van der Waals surface area (Å²) in [4.78, 5) is 35.4. The number of aliphatic hydroxyl groups is 1. The molecule has 0 saturated heterocycles. The number of carbonyl (C=O) groups excluding carboxylic acids is 1. The molecule has 0 spiro atoms. The van der Waals surface area contributed by atoms with Crippen molar-refractivity contribution in [3.63, 3.8) is 0 Å². The molecule has 0 bridgehead atoms. The number of hydrogen-bond donors (Lipinski definition) is 4. The number of rotatable bonds is 8. The molecule has 4 N–H and O–H groups in total. The van der Waals surface area contributed by atoms with Crippen LogP contribution >= 0.6 is 0 Å². The molecule has 5 aromatic rings. The number of H-pyrrole nitrogens is 1. The van der Waals surface area contributed by atoms with Crippen LogP contribution < -0.4 is 20.9 Å². The molecule has 1 aliphatic heterocycles. The maximum absolute atomic E-state index is 13.4.